The van der Waals surface area contributed by atoms with Crippen molar-refractivity contribution in [2.75, 3.05) is 0 Å². The van der Waals surface area contributed by atoms with Crippen molar-refractivity contribution in [2.24, 2.45) is 0 Å². The molecule has 21 heavy (non-hydrogen) atoms. The van der Waals surface area contributed by atoms with Crippen molar-refractivity contribution < 1.29 is 0 Å². The summed E-state index contributed by atoms with van der Waals surface area (Å²) in [6, 6.07) is 13.8. The summed E-state index contributed by atoms with van der Waals surface area (Å²) < 4.78 is 0. The molecule has 104 valence electrons. The zero-order chi connectivity index (χ0) is 14.7. The highest BCUT2D eigenvalue weighted by Crippen LogP contribution is 2.37. The van der Waals surface area contributed by atoms with Gasteiger partial charge in [-0.1, -0.05) is 53.5 Å². The van der Waals surface area contributed by atoms with Crippen LogP contribution in [0.5, 0.6) is 0 Å². The van der Waals surface area contributed by atoms with Gasteiger partial charge in [-0.3, -0.25) is 9.97 Å². The van der Waals surface area contributed by atoms with Crippen molar-refractivity contribution in [1.29, 1.82) is 0 Å². The number of pyridine rings is 2. The van der Waals surface area contributed by atoms with Crippen molar-refractivity contribution in [3.63, 3.8) is 0 Å². The molecule has 0 bridgehead atoms. The lowest BCUT2D eigenvalue weighted by atomic mass is 10.4. The molecule has 0 spiro atoms. The van der Waals surface area contributed by atoms with E-state index in [2.05, 4.69) is 22.1 Å². The lowest BCUT2D eigenvalue weighted by Crippen LogP contribution is -2.22. The van der Waals surface area contributed by atoms with Gasteiger partial charge in [-0.05, 0) is 25.4 Å². The van der Waals surface area contributed by atoms with E-state index in [1.165, 1.54) is 0 Å². The number of benzene rings is 1. The van der Waals surface area contributed by atoms with Gasteiger partial charge >= 0.3 is 0 Å². The monoisotopic (exact) mass is 332 g/mol. The molecule has 3 aromatic rings. The molecule has 0 saturated carbocycles. The number of aromatic nitrogens is 2. The zero-order valence-electron chi connectivity index (χ0n) is 10.9. The van der Waals surface area contributed by atoms with Crippen LogP contribution in [0, 0.1) is 0 Å². The highest BCUT2D eigenvalue weighted by molar-refractivity contribution is 7.80. The van der Waals surface area contributed by atoms with E-state index in [-0.39, 0.29) is 0 Å². The van der Waals surface area contributed by atoms with Crippen LogP contribution in [0.2, 0.25) is 10.0 Å². The molecule has 2 heterocycles. The summed E-state index contributed by atoms with van der Waals surface area (Å²) in [5.74, 6) is 0. The first-order valence-corrected chi connectivity index (χ1v) is 8.41. The maximum Gasteiger partial charge on any atom is 0.0520 e. The zero-order valence-corrected chi connectivity index (χ0v) is 13.4. The Labute approximate surface area is 134 Å². The smallest absolute Gasteiger partial charge is 0.0520 e. The van der Waals surface area contributed by atoms with Crippen molar-refractivity contribution in [2.45, 2.75) is 0 Å². The van der Waals surface area contributed by atoms with E-state index < -0.39 is 7.92 Å². The van der Waals surface area contributed by atoms with Crippen LogP contribution in [0.25, 0.3) is 0 Å². The summed E-state index contributed by atoms with van der Waals surface area (Å²) in [4.78, 5) is 8.43. The van der Waals surface area contributed by atoms with Gasteiger partial charge in [0.05, 0.1) is 10.0 Å². The van der Waals surface area contributed by atoms with Crippen LogP contribution < -0.4 is 15.9 Å². The highest BCUT2D eigenvalue weighted by Gasteiger charge is 2.21. The average molecular weight is 333 g/mol. The molecular formula is C16H11Cl2N2P. The van der Waals surface area contributed by atoms with Gasteiger partial charge in [-0.15, -0.1) is 0 Å². The van der Waals surface area contributed by atoms with E-state index in [4.69, 9.17) is 23.2 Å². The number of halogens is 2. The minimum Gasteiger partial charge on any atom is -0.264 e. The van der Waals surface area contributed by atoms with E-state index in [1.807, 2.05) is 30.6 Å². The molecule has 2 aromatic heterocycles. The van der Waals surface area contributed by atoms with Crippen molar-refractivity contribution >= 4 is 47.0 Å². The van der Waals surface area contributed by atoms with Gasteiger partial charge in [0.1, 0.15) is 0 Å². The van der Waals surface area contributed by atoms with E-state index in [0.717, 1.165) is 15.9 Å². The number of hydrogen-bond donors (Lipinski definition) is 0. The quantitative estimate of drug-likeness (QED) is 0.685. The summed E-state index contributed by atoms with van der Waals surface area (Å²) in [5.41, 5.74) is 0. The summed E-state index contributed by atoms with van der Waals surface area (Å²) >= 11 is 12.8. The van der Waals surface area contributed by atoms with Crippen LogP contribution >= 0.6 is 31.1 Å². The minimum atomic E-state index is -0.877. The van der Waals surface area contributed by atoms with Crippen LogP contribution in [0.1, 0.15) is 0 Å². The normalized spacial score (nSPS) is 10.8. The van der Waals surface area contributed by atoms with E-state index >= 15 is 0 Å². The summed E-state index contributed by atoms with van der Waals surface area (Å²) in [6.07, 6.45) is 7.00. The third kappa shape index (κ3) is 3.08. The Kier molecular flexibility index (Phi) is 4.50. The second-order valence-electron chi connectivity index (χ2n) is 4.33. The minimum absolute atomic E-state index is 0.694. The predicted molar refractivity (Wildman–Crippen MR) is 90.8 cm³/mol. The molecule has 0 atom stereocenters. The standard InChI is InChI=1S/C16H11Cl2N2P/c17-13-6-8-19-10-15(13)21(12-4-2-1-3-5-12)16-11-20-9-7-14(16)18/h1-11H. The number of rotatable bonds is 3. The molecule has 0 N–H and O–H groups in total. The van der Waals surface area contributed by atoms with Crippen molar-refractivity contribution in [1.82, 2.24) is 9.97 Å². The Bertz CT molecular complexity index is 705. The largest absolute Gasteiger partial charge is 0.264 e. The molecule has 1 aromatic carbocycles. The Morgan fingerprint density at radius 3 is 1.71 bits per heavy atom. The van der Waals surface area contributed by atoms with Crippen LogP contribution in [0.15, 0.2) is 67.3 Å². The highest BCUT2D eigenvalue weighted by atomic mass is 35.5. The SMILES string of the molecule is Clc1ccncc1P(c1ccccc1)c1cnccc1Cl. The molecule has 3 rings (SSSR count). The predicted octanol–water partition coefficient (Wildman–Crippen LogP) is 3.54. The summed E-state index contributed by atoms with van der Waals surface area (Å²) in [6.45, 7) is 0. The van der Waals surface area contributed by atoms with Gasteiger partial charge in [-0.25, -0.2) is 0 Å². The molecule has 0 aliphatic rings. The third-order valence-electron chi connectivity index (χ3n) is 2.99. The Balaban J connectivity index is 2.22. The molecule has 0 amide bonds. The summed E-state index contributed by atoms with van der Waals surface area (Å²) in [5, 5.41) is 4.52. The van der Waals surface area contributed by atoms with E-state index in [9.17, 15) is 0 Å². The van der Waals surface area contributed by atoms with Gasteiger partial charge in [0.15, 0.2) is 0 Å². The van der Waals surface area contributed by atoms with Crippen LogP contribution in [-0.2, 0) is 0 Å². The first-order chi connectivity index (χ1) is 10.3. The van der Waals surface area contributed by atoms with Gasteiger partial charge in [0.2, 0.25) is 0 Å². The van der Waals surface area contributed by atoms with Crippen LogP contribution in [0.3, 0.4) is 0 Å². The molecule has 0 aliphatic carbocycles. The molecule has 5 heteroatoms. The molecule has 0 fully saturated rings. The first-order valence-electron chi connectivity index (χ1n) is 6.31. The van der Waals surface area contributed by atoms with Crippen molar-refractivity contribution in [3.05, 3.63) is 77.3 Å². The second kappa shape index (κ2) is 6.53. The Hall–Kier alpha value is -1.47. The number of nitrogens with zero attached hydrogens (tertiary/aromatic N) is 2. The average Bonchev–Trinajstić information content (AvgIpc) is 2.52. The fourth-order valence-electron chi connectivity index (χ4n) is 2.05. The Morgan fingerprint density at radius 2 is 1.24 bits per heavy atom. The molecule has 0 saturated heterocycles. The third-order valence-corrected chi connectivity index (χ3v) is 6.41. The summed E-state index contributed by atoms with van der Waals surface area (Å²) in [7, 11) is -0.877. The molecule has 0 radical (unpaired) electrons. The Morgan fingerprint density at radius 1 is 0.714 bits per heavy atom. The van der Waals surface area contributed by atoms with Crippen LogP contribution in [0.4, 0.5) is 0 Å². The lowest BCUT2D eigenvalue weighted by Gasteiger charge is -2.20. The lowest BCUT2D eigenvalue weighted by molar-refractivity contribution is 1.34. The fraction of sp³-hybridized carbons (Fsp3) is 0. The van der Waals surface area contributed by atoms with Crippen LogP contribution in [-0.4, -0.2) is 9.97 Å². The number of hydrogen-bond acceptors (Lipinski definition) is 2. The van der Waals surface area contributed by atoms with Gasteiger partial charge in [0.25, 0.3) is 0 Å². The second-order valence-corrected chi connectivity index (χ2v) is 7.29. The molecule has 0 aliphatic heterocycles. The maximum absolute atomic E-state index is 6.38. The van der Waals surface area contributed by atoms with Gasteiger partial charge in [-0.2, -0.15) is 0 Å². The maximum atomic E-state index is 6.38. The van der Waals surface area contributed by atoms with Gasteiger partial charge < -0.3 is 0 Å². The van der Waals surface area contributed by atoms with E-state index in [1.54, 1.807) is 24.5 Å². The van der Waals surface area contributed by atoms with E-state index in [0.29, 0.717) is 10.0 Å². The fourth-order valence-corrected chi connectivity index (χ4v) is 5.00. The first kappa shape index (κ1) is 14.5. The molecule has 2 nitrogen and oxygen atoms in total. The topological polar surface area (TPSA) is 25.8 Å². The van der Waals surface area contributed by atoms with Gasteiger partial charge in [0, 0.05) is 35.4 Å². The molecular weight excluding hydrogens is 322 g/mol. The van der Waals surface area contributed by atoms with Crippen molar-refractivity contribution in [3.8, 4) is 0 Å². The molecule has 0 unspecified atom stereocenters.